The Morgan fingerprint density at radius 3 is 2.36 bits per heavy atom. The van der Waals surface area contributed by atoms with Crippen LogP contribution in [0, 0.1) is 24.0 Å². The van der Waals surface area contributed by atoms with Crippen molar-refractivity contribution in [1.82, 2.24) is 24.8 Å². The number of hydrogen-bond donors (Lipinski definition) is 1. The molecule has 4 aliphatic rings. The van der Waals surface area contributed by atoms with E-state index >= 15 is 4.39 Å². The monoisotopic (exact) mass is 782 g/mol. The number of aromatic nitrogens is 3. The molecule has 1 amide bonds. The van der Waals surface area contributed by atoms with E-state index in [0.717, 1.165) is 38.8 Å². The maximum Gasteiger partial charge on any atom is 0.519 e. The number of pyridine rings is 1. The number of aliphatic hydroxyl groups is 1. The van der Waals surface area contributed by atoms with Gasteiger partial charge in [0.1, 0.15) is 35.1 Å². The van der Waals surface area contributed by atoms with Crippen molar-refractivity contribution in [2.75, 3.05) is 44.2 Å². The van der Waals surface area contributed by atoms with E-state index in [4.69, 9.17) is 36.0 Å². The second-order valence-electron chi connectivity index (χ2n) is 15.2. The fraction of sp³-hybridized carbons (Fsp3) is 0.512. The summed E-state index contributed by atoms with van der Waals surface area (Å²) in [6.45, 7) is 13.4. The molecule has 1 unspecified atom stereocenters. The summed E-state index contributed by atoms with van der Waals surface area (Å²) in [5.74, 6) is 1.83. The number of amides is 1. The number of rotatable bonds is 4. The molecule has 0 saturated carbocycles. The zero-order valence-electron chi connectivity index (χ0n) is 32.3. The van der Waals surface area contributed by atoms with Gasteiger partial charge < -0.3 is 24.4 Å². The zero-order chi connectivity index (χ0) is 40.6. The first-order chi connectivity index (χ1) is 26.5. The summed E-state index contributed by atoms with van der Waals surface area (Å²) in [4.78, 5) is 34.1. The number of ether oxygens (including phenoxy) is 2. The lowest BCUT2D eigenvalue weighted by atomic mass is 9.95. The van der Waals surface area contributed by atoms with Crippen LogP contribution >= 0.6 is 0 Å². The lowest BCUT2D eigenvalue weighted by Gasteiger charge is -2.41. The van der Waals surface area contributed by atoms with E-state index in [1.807, 2.05) is 40.7 Å². The molecule has 2 aromatic heterocycles. The smallest absolute Gasteiger partial charge is 0.461 e. The number of nitrogens with zero attached hydrogens (tertiary/aromatic N) is 6. The zero-order valence-corrected chi connectivity index (χ0v) is 32.3. The van der Waals surface area contributed by atoms with Gasteiger partial charge in [0.2, 0.25) is 0 Å². The van der Waals surface area contributed by atoms with Gasteiger partial charge in [0.05, 0.1) is 22.2 Å². The maximum atomic E-state index is 17.1. The Hall–Kier alpha value is -4.81. The van der Waals surface area contributed by atoms with Gasteiger partial charge in [0, 0.05) is 36.6 Å². The molecule has 0 spiro atoms. The third-order valence-corrected chi connectivity index (χ3v) is 10.6. The Morgan fingerprint density at radius 2 is 1.70 bits per heavy atom. The molecule has 1 N–H and O–H groups in total. The summed E-state index contributed by atoms with van der Waals surface area (Å²) in [6.07, 6.45) is 5.88. The topological polar surface area (TPSA) is 104 Å². The predicted octanol–water partition coefficient (Wildman–Crippen LogP) is 8.01. The number of anilines is 1. The number of carbonyl (C=O) groups excluding carboxylic acids is 1. The summed E-state index contributed by atoms with van der Waals surface area (Å²) in [5.41, 5.74) is 0.582. The van der Waals surface area contributed by atoms with Crippen molar-refractivity contribution in [3.05, 3.63) is 53.2 Å². The molecule has 0 bridgehead atoms. The largest absolute Gasteiger partial charge is 0.519 e. The molecule has 15 heteroatoms. The van der Waals surface area contributed by atoms with Gasteiger partial charge in [0.15, 0.2) is 5.82 Å². The third kappa shape index (κ3) is 8.32. The predicted molar refractivity (Wildman–Crippen MR) is 203 cm³/mol. The van der Waals surface area contributed by atoms with Crippen LogP contribution in [0.3, 0.4) is 0 Å². The number of alkyl halides is 3. The average Bonchev–Trinajstić information content (AvgIpc) is 3.69. The molecule has 56 heavy (non-hydrogen) atoms. The van der Waals surface area contributed by atoms with E-state index in [2.05, 4.69) is 15.7 Å². The molecule has 6 heterocycles. The molecular weight excluding hydrogens is 735 g/mol. The van der Waals surface area contributed by atoms with Crippen LogP contribution in [0.5, 0.6) is 6.01 Å². The highest BCUT2D eigenvalue weighted by molar-refractivity contribution is 6.02. The minimum absolute atomic E-state index is 0.0532. The summed E-state index contributed by atoms with van der Waals surface area (Å²) >= 11 is 0. The lowest BCUT2D eigenvalue weighted by molar-refractivity contribution is -0.295. The Morgan fingerprint density at radius 1 is 1.00 bits per heavy atom. The van der Waals surface area contributed by atoms with Gasteiger partial charge in [-0.3, -0.25) is 4.90 Å². The van der Waals surface area contributed by atoms with Crippen molar-refractivity contribution >= 4 is 33.6 Å². The summed E-state index contributed by atoms with van der Waals surface area (Å²) in [5, 5.41) is 8.16. The van der Waals surface area contributed by atoms with Crippen LogP contribution in [0.25, 0.3) is 32.9 Å². The first kappa shape index (κ1) is 40.8. The first-order valence-electron chi connectivity index (χ1n) is 19.0. The van der Waals surface area contributed by atoms with E-state index in [1.165, 1.54) is 6.07 Å². The van der Waals surface area contributed by atoms with Crippen molar-refractivity contribution in [2.45, 2.75) is 96.7 Å². The Bertz CT molecular complexity index is 2130. The van der Waals surface area contributed by atoms with Crippen LogP contribution < -0.4 is 9.64 Å². The van der Waals surface area contributed by atoms with Crippen LogP contribution in [0.4, 0.5) is 32.6 Å². The Kier molecular flexibility index (Phi) is 11.7. The molecule has 8 rings (SSSR count). The number of terminal acetylenes is 1. The molecule has 0 radical (unpaired) electrons. The molecule has 4 aliphatic heterocycles. The second-order valence-corrected chi connectivity index (χ2v) is 15.2. The number of fused-ring (bicyclic) bond motifs is 4. The van der Waals surface area contributed by atoms with E-state index < -0.39 is 23.6 Å². The van der Waals surface area contributed by atoms with E-state index in [-0.39, 0.29) is 40.5 Å². The minimum atomic E-state index is -5.00. The molecule has 3 saturated heterocycles. The number of halogens is 5. The number of carbonyl (C=O) groups is 1. The van der Waals surface area contributed by atoms with Gasteiger partial charge in [-0.1, -0.05) is 44.0 Å². The number of hydrogen-bond acceptors (Lipinski definition) is 9. The van der Waals surface area contributed by atoms with Crippen LogP contribution in [-0.4, -0.2) is 98.8 Å². The van der Waals surface area contributed by atoms with Crippen molar-refractivity contribution in [1.29, 1.82) is 0 Å². The SMILES string of the molecule is C#Cc1c(F)ccc2cccc(-c3nc4c5c(nc(OCC67CCCN6CCC7)nc5c3F)N3CCN(C(=O)OC(C)(C)C)CC3CC4)c12.CC.OC(F)(F)F. The molecule has 3 fully saturated rings. The highest BCUT2D eigenvalue weighted by Gasteiger charge is 2.45. The van der Waals surface area contributed by atoms with Crippen LogP contribution in [0.2, 0.25) is 0 Å². The highest BCUT2D eigenvalue weighted by Crippen LogP contribution is 2.42. The summed E-state index contributed by atoms with van der Waals surface area (Å²) in [7, 11) is 0. The first-order valence-corrected chi connectivity index (χ1v) is 19.0. The highest BCUT2D eigenvalue weighted by atomic mass is 19.4. The average molecular weight is 783 g/mol. The van der Waals surface area contributed by atoms with Gasteiger partial charge in [-0.2, -0.15) is 9.97 Å². The summed E-state index contributed by atoms with van der Waals surface area (Å²) < 4.78 is 74.0. The van der Waals surface area contributed by atoms with Crippen LogP contribution in [-0.2, 0) is 11.2 Å². The fourth-order valence-electron chi connectivity index (χ4n) is 8.37. The molecule has 0 aliphatic carbocycles. The summed E-state index contributed by atoms with van der Waals surface area (Å²) in [6, 6.07) is 8.29. The van der Waals surface area contributed by atoms with E-state index in [0.29, 0.717) is 72.3 Å². The number of aryl methyl sites for hydroxylation is 1. The van der Waals surface area contributed by atoms with Gasteiger partial charge in [-0.15, -0.1) is 19.6 Å². The van der Waals surface area contributed by atoms with Gasteiger partial charge >= 0.3 is 18.5 Å². The Labute approximate surface area is 323 Å². The minimum Gasteiger partial charge on any atom is -0.461 e. The van der Waals surface area contributed by atoms with E-state index in [9.17, 15) is 22.4 Å². The van der Waals surface area contributed by atoms with E-state index in [1.54, 1.807) is 23.1 Å². The maximum absolute atomic E-state index is 17.1. The molecule has 1 atom stereocenters. The molecule has 2 aromatic carbocycles. The standard InChI is InChI=1S/C38H40F2N6O3.C2H6.CHF3O/c1-5-25-27(39)13-11-23-9-6-10-26(29(23)25)32-31(40)33-30-28(41-32)14-12-24-21-44(36(47)49-37(2,3)4)19-20-46(24)34(30)43-35(42-33)48-22-38-15-7-17-45(38)18-8-16-38;1-2;2-1(3,4)5/h1,6,9-11,13,24H,7-8,12,14-22H2,2-4H3;1-2H3;5H. The molecular formula is C41H47F5N6O4. The van der Waals surface area contributed by atoms with Gasteiger partial charge in [-0.05, 0) is 83.8 Å². The normalized spacial score (nSPS) is 18.9. The molecule has 300 valence electrons. The van der Waals surface area contributed by atoms with Crippen LogP contribution in [0.15, 0.2) is 30.3 Å². The molecule has 4 aromatic rings. The Balaban J connectivity index is 0.000000706. The second kappa shape index (κ2) is 16.0. The molecule has 10 nitrogen and oxygen atoms in total. The van der Waals surface area contributed by atoms with Crippen LogP contribution in [0.1, 0.15) is 78.0 Å². The fourth-order valence-corrected chi connectivity index (χ4v) is 8.37. The van der Waals surface area contributed by atoms with Crippen molar-refractivity contribution in [3.63, 3.8) is 0 Å². The van der Waals surface area contributed by atoms with Crippen molar-refractivity contribution < 1.29 is 41.3 Å². The number of benzene rings is 2. The van der Waals surface area contributed by atoms with Gasteiger partial charge in [-0.25, -0.2) is 18.6 Å². The van der Waals surface area contributed by atoms with Crippen molar-refractivity contribution in [3.8, 4) is 29.6 Å². The van der Waals surface area contributed by atoms with Gasteiger partial charge in [0.25, 0.3) is 0 Å². The third-order valence-electron chi connectivity index (χ3n) is 10.6. The quantitative estimate of drug-likeness (QED) is 0.163. The number of piperazine rings is 1. The van der Waals surface area contributed by atoms with Crippen molar-refractivity contribution in [2.24, 2.45) is 0 Å². The lowest BCUT2D eigenvalue weighted by Crippen LogP contribution is -2.55.